The van der Waals surface area contributed by atoms with Gasteiger partial charge in [-0.2, -0.15) is 0 Å². The molecule has 0 fully saturated rings. The number of carbonyl (C=O) groups is 2. The standard InChI is InChI=1S/C30H39NO2.C2H6/c1-5-11-24(14-10-15-25(32)20-21-31-29(33)30(2,3)4)28-26-16-8-6-12-22(26)18-19-23-13-7-9-17-27(23)28;1-2/h6-9,12-13,16-17H,5,10-11,14-15,18-21H2,1-4H3,(H,31,33);1-2H3. The molecular weight excluding hydrogens is 430 g/mol. The first-order valence-electron chi connectivity index (χ1n) is 13.5. The molecule has 0 aliphatic heterocycles. The van der Waals surface area contributed by atoms with Crippen molar-refractivity contribution in [3.05, 3.63) is 76.4 Å². The Morgan fingerprint density at radius 2 is 1.34 bits per heavy atom. The summed E-state index contributed by atoms with van der Waals surface area (Å²) < 4.78 is 0. The summed E-state index contributed by atoms with van der Waals surface area (Å²) in [6, 6.07) is 17.6. The summed E-state index contributed by atoms with van der Waals surface area (Å²) >= 11 is 0. The highest BCUT2D eigenvalue weighted by molar-refractivity contribution is 5.86. The molecule has 1 amide bonds. The monoisotopic (exact) mass is 475 g/mol. The number of aryl methyl sites for hydroxylation is 2. The Morgan fingerprint density at radius 3 is 1.86 bits per heavy atom. The van der Waals surface area contributed by atoms with E-state index in [1.165, 1.54) is 33.4 Å². The minimum absolute atomic E-state index is 0.00374. The van der Waals surface area contributed by atoms with Crippen LogP contribution in [0.5, 0.6) is 0 Å². The molecular formula is C32H45NO2. The number of hydrogen-bond acceptors (Lipinski definition) is 2. The highest BCUT2D eigenvalue weighted by Crippen LogP contribution is 2.38. The van der Waals surface area contributed by atoms with Gasteiger partial charge in [-0.25, -0.2) is 0 Å². The molecule has 0 saturated carbocycles. The largest absolute Gasteiger partial charge is 0.355 e. The quantitative estimate of drug-likeness (QED) is 0.404. The number of benzene rings is 2. The Balaban J connectivity index is 0.00000210. The number of allylic oxidation sites excluding steroid dienone is 1. The lowest BCUT2D eigenvalue weighted by atomic mass is 9.86. The third kappa shape index (κ3) is 8.19. The van der Waals surface area contributed by atoms with E-state index >= 15 is 0 Å². The number of rotatable bonds is 9. The third-order valence-corrected chi connectivity index (χ3v) is 6.45. The van der Waals surface area contributed by atoms with Crippen molar-refractivity contribution in [1.82, 2.24) is 5.32 Å². The molecule has 0 radical (unpaired) electrons. The van der Waals surface area contributed by atoms with Crippen LogP contribution in [-0.2, 0) is 22.4 Å². The van der Waals surface area contributed by atoms with E-state index in [0.29, 0.717) is 19.4 Å². The number of Topliss-reactive ketones (excluding diaryl/α,β-unsaturated/α-hetero) is 1. The lowest BCUT2D eigenvalue weighted by Crippen LogP contribution is -2.35. The van der Waals surface area contributed by atoms with Crippen molar-refractivity contribution in [2.75, 3.05) is 6.54 Å². The van der Waals surface area contributed by atoms with Crippen LogP contribution in [0.4, 0.5) is 0 Å². The molecule has 1 N–H and O–H groups in total. The van der Waals surface area contributed by atoms with Gasteiger partial charge in [-0.15, -0.1) is 0 Å². The van der Waals surface area contributed by atoms with Gasteiger partial charge >= 0.3 is 0 Å². The SMILES string of the molecule is CC.CCCC(CCCC(=O)CCNC(=O)C(C)(C)C)=C1c2ccccc2CCc2ccccc21. The summed E-state index contributed by atoms with van der Waals surface area (Å²) in [6.45, 7) is 12.3. The van der Waals surface area contributed by atoms with Crippen LogP contribution in [0.1, 0.15) is 102 Å². The molecule has 35 heavy (non-hydrogen) atoms. The van der Waals surface area contributed by atoms with Crippen molar-refractivity contribution in [3.8, 4) is 0 Å². The number of carbonyl (C=O) groups excluding carboxylic acids is 2. The fourth-order valence-electron chi connectivity index (χ4n) is 4.64. The number of ketones is 1. The van der Waals surface area contributed by atoms with Crippen molar-refractivity contribution in [3.63, 3.8) is 0 Å². The van der Waals surface area contributed by atoms with E-state index in [0.717, 1.165) is 38.5 Å². The van der Waals surface area contributed by atoms with Crippen molar-refractivity contribution in [1.29, 1.82) is 0 Å². The predicted octanol–water partition coefficient (Wildman–Crippen LogP) is 7.71. The maximum atomic E-state index is 12.5. The van der Waals surface area contributed by atoms with Crippen LogP contribution < -0.4 is 5.32 Å². The molecule has 1 aliphatic rings. The van der Waals surface area contributed by atoms with E-state index in [9.17, 15) is 9.59 Å². The minimum atomic E-state index is -0.421. The van der Waals surface area contributed by atoms with Gasteiger partial charge in [0.05, 0.1) is 0 Å². The Morgan fingerprint density at radius 1 is 0.800 bits per heavy atom. The molecule has 1 aliphatic carbocycles. The average molecular weight is 476 g/mol. The van der Waals surface area contributed by atoms with Gasteiger partial charge in [0.25, 0.3) is 0 Å². The second kappa shape index (κ2) is 14.0. The molecule has 3 heteroatoms. The van der Waals surface area contributed by atoms with Crippen LogP contribution >= 0.6 is 0 Å². The number of nitrogens with one attached hydrogen (secondary N) is 1. The van der Waals surface area contributed by atoms with Crippen LogP contribution in [-0.4, -0.2) is 18.2 Å². The Labute approximate surface area is 213 Å². The molecule has 0 bridgehead atoms. The molecule has 3 rings (SSSR count). The molecule has 0 heterocycles. The van der Waals surface area contributed by atoms with Gasteiger partial charge in [-0.05, 0) is 59.9 Å². The van der Waals surface area contributed by atoms with E-state index in [-0.39, 0.29) is 11.7 Å². The lowest BCUT2D eigenvalue weighted by molar-refractivity contribution is -0.128. The van der Waals surface area contributed by atoms with Crippen molar-refractivity contribution >= 4 is 17.3 Å². The van der Waals surface area contributed by atoms with E-state index in [1.807, 2.05) is 34.6 Å². The van der Waals surface area contributed by atoms with Gasteiger partial charge in [-0.1, -0.05) is 102 Å². The summed E-state index contributed by atoms with van der Waals surface area (Å²) in [5.74, 6) is 0.225. The van der Waals surface area contributed by atoms with Crippen molar-refractivity contribution in [2.45, 2.75) is 92.9 Å². The molecule has 0 saturated heterocycles. The fourth-order valence-corrected chi connectivity index (χ4v) is 4.64. The molecule has 0 aromatic heterocycles. The van der Waals surface area contributed by atoms with Gasteiger partial charge in [0.15, 0.2) is 0 Å². The van der Waals surface area contributed by atoms with Gasteiger partial charge in [0.2, 0.25) is 5.91 Å². The lowest BCUT2D eigenvalue weighted by Gasteiger charge is -2.19. The van der Waals surface area contributed by atoms with E-state index in [4.69, 9.17) is 0 Å². The molecule has 2 aromatic rings. The van der Waals surface area contributed by atoms with Crippen LogP contribution in [0.15, 0.2) is 54.1 Å². The van der Waals surface area contributed by atoms with Crippen LogP contribution in [0.2, 0.25) is 0 Å². The fraction of sp³-hybridized carbons (Fsp3) is 0.500. The number of hydrogen-bond donors (Lipinski definition) is 1. The number of fused-ring (bicyclic) bond motifs is 2. The van der Waals surface area contributed by atoms with Crippen LogP contribution in [0, 0.1) is 5.41 Å². The van der Waals surface area contributed by atoms with Crippen molar-refractivity contribution < 1.29 is 9.59 Å². The zero-order valence-corrected chi connectivity index (χ0v) is 22.8. The first-order valence-corrected chi connectivity index (χ1v) is 13.5. The van der Waals surface area contributed by atoms with Crippen LogP contribution in [0.25, 0.3) is 5.57 Å². The second-order valence-corrected chi connectivity index (χ2v) is 10.2. The van der Waals surface area contributed by atoms with Crippen molar-refractivity contribution in [2.24, 2.45) is 5.41 Å². The molecule has 2 aromatic carbocycles. The average Bonchev–Trinajstić information content (AvgIpc) is 3.01. The Hall–Kier alpha value is -2.68. The molecule has 190 valence electrons. The first-order chi connectivity index (χ1) is 16.8. The molecule has 3 nitrogen and oxygen atoms in total. The molecule has 0 unspecified atom stereocenters. The van der Waals surface area contributed by atoms with E-state index in [2.05, 4.69) is 60.8 Å². The van der Waals surface area contributed by atoms with Gasteiger partial charge in [0.1, 0.15) is 5.78 Å². The first kappa shape index (κ1) is 28.6. The van der Waals surface area contributed by atoms with Gasteiger partial charge < -0.3 is 5.32 Å². The predicted molar refractivity (Wildman–Crippen MR) is 149 cm³/mol. The molecule has 0 spiro atoms. The number of amides is 1. The zero-order valence-electron chi connectivity index (χ0n) is 22.8. The van der Waals surface area contributed by atoms with Gasteiger partial charge in [0, 0.05) is 24.8 Å². The smallest absolute Gasteiger partial charge is 0.225 e. The maximum Gasteiger partial charge on any atom is 0.225 e. The van der Waals surface area contributed by atoms with Gasteiger partial charge in [-0.3, -0.25) is 9.59 Å². The highest BCUT2D eigenvalue weighted by atomic mass is 16.2. The third-order valence-electron chi connectivity index (χ3n) is 6.45. The summed E-state index contributed by atoms with van der Waals surface area (Å²) in [5, 5.41) is 2.88. The Bertz CT molecular complexity index is 961. The topological polar surface area (TPSA) is 46.2 Å². The maximum absolute atomic E-state index is 12.5. The normalized spacial score (nSPS) is 12.5. The highest BCUT2D eigenvalue weighted by Gasteiger charge is 2.22. The summed E-state index contributed by atoms with van der Waals surface area (Å²) in [4.78, 5) is 24.5. The van der Waals surface area contributed by atoms with E-state index < -0.39 is 5.41 Å². The summed E-state index contributed by atoms with van der Waals surface area (Å²) in [6.07, 6.45) is 7.04. The van der Waals surface area contributed by atoms with E-state index in [1.54, 1.807) is 0 Å². The molecule has 0 atom stereocenters. The second-order valence-electron chi connectivity index (χ2n) is 10.2. The Kier molecular flexibility index (Phi) is 11.4. The minimum Gasteiger partial charge on any atom is -0.355 e. The van der Waals surface area contributed by atoms with Crippen LogP contribution in [0.3, 0.4) is 0 Å². The zero-order chi connectivity index (χ0) is 25.8. The summed E-state index contributed by atoms with van der Waals surface area (Å²) in [5.41, 5.74) is 8.00. The summed E-state index contributed by atoms with van der Waals surface area (Å²) in [7, 11) is 0.